The van der Waals surface area contributed by atoms with Gasteiger partial charge in [0.2, 0.25) is 0 Å². The summed E-state index contributed by atoms with van der Waals surface area (Å²) < 4.78 is 20.5. The molecule has 1 aromatic rings. The van der Waals surface area contributed by atoms with E-state index in [9.17, 15) is 9.59 Å². The van der Waals surface area contributed by atoms with E-state index in [2.05, 4.69) is 92.6 Å². The molecular formula is C39H69NO5SSi2. The van der Waals surface area contributed by atoms with Crippen LogP contribution < -0.4 is 0 Å². The number of thiazole rings is 1. The predicted octanol–water partition coefficient (Wildman–Crippen LogP) is 11.3. The summed E-state index contributed by atoms with van der Waals surface area (Å²) in [5.41, 5.74) is 2.15. The van der Waals surface area contributed by atoms with Gasteiger partial charge in [0.05, 0.1) is 29.3 Å². The first kappa shape index (κ1) is 42.8. The quantitative estimate of drug-likeness (QED) is 0.165. The number of ketones is 1. The highest BCUT2D eigenvalue weighted by Crippen LogP contribution is 2.44. The van der Waals surface area contributed by atoms with Crippen molar-refractivity contribution in [1.29, 1.82) is 0 Å². The number of esters is 1. The fourth-order valence-corrected chi connectivity index (χ4v) is 9.32. The first-order chi connectivity index (χ1) is 21.7. The van der Waals surface area contributed by atoms with E-state index < -0.39 is 34.3 Å². The SMILES string of the molecule is C/C1=C\C[C@@H](/C(C)=C/c2csc(C)n2)OC(=O)C[C@@H](O[Si](C)(C)C(C)(C)C)C(C)(C)C(=O)[C@H](C)[C@H](O[Si](C)(C)C(C)(C)C)[C@@H](C)CCC1. The van der Waals surface area contributed by atoms with Crippen LogP contribution in [0.4, 0.5) is 0 Å². The van der Waals surface area contributed by atoms with Crippen molar-refractivity contribution in [3.05, 3.63) is 33.3 Å². The maximum Gasteiger partial charge on any atom is 0.309 e. The lowest BCUT2D eigenvalue weighted by atomic mass is 9.73. The lowest BCUT2D eigenvalue weighted by Gasteiger charge is -2.46. The maximum atomic E-state index is 14.8. The Balaban J connectivity index is 2.66. The summed E-state index contributed by atoms with van der Waals surface area (Å²) >= 11 is 1.61. The Morgan fingerprint density at radius 2 is 1.56 bits per heavy atom. The number of cyclic esters (lactones) is 1. The molecular weight excluding hydrogens is 651 g/mol. The maximum absolute atomic E-state index is 14.8. The van der Waals surface area contributed by atoms with E-state index in [1.165, 1.54) is 5.57 Å². The average Bonchev–Trinajstić information content (AvgIpc) is 3.34. The number of ether oxygens (including phenoxy) is 1. The average molecular weight is 720 g/mol. The van der Waals surface area contributed by atoms with Gasteiger partial charge in [0, 0.05) is 23.1 Å². The van der Waals surface area contributed by atoms with Crippen LogP contribution in [0.2, 0.25) is 36.3 Å². The van der Waals surface area contributed by atoms with E-state index in [0.717, 1.165) is 35.5 Å². The number of Topliss-reactive ketones (excluding diaryl/α,β-unsaturated/α-hetero) is 1. The van der Waals surface area contributed by atoms with E-state index >= 15 is 0 Å². The fourth-order valence-electron chi connectivity index (χ4n) is 5.83. The summed E-state index contributed by atoms with van der Waals surface area (Å²) in [5.74, 6) is -0.433. The van der Waals surface area contributed by atoms with Crippen molar-refractivity contribution < 1.29 is 23.2 Å². The minimum Gasteiger partial charge on any atom is -0.457 e. The molecule has 1 aromatic heterocycles. The van der Waals surface area contributed by atoms with Gasteiger partial charge in [-0.15, -0.1) is 11.3 Å². The van der Waals surface area contributed by atoms with Crippen molar-refractivity contribution in [2.75, 3.05) is 0 Å². The summed E-state index contributed by atoms with van der Waals surface area (Å²) in [7, 11) is -4.58. The van der Waals surface area contributed by atoms with E-state index in [1.807, 2.05) is 46.1 Å². The molecule has 9 heteroatoms. The molecule has 48 heavy (non-hydrogen) atoms. The molecule has 274 valence electrons. The first-order valence-corrected chi connectivity index (χ1v) is 24.7. The van der Waals surface area contributed by atoms with E-state index in [-0.39, 0.29) is 46.2 Å². The van der Waals surface area contributed by atoms with Gasteiger partial charge in [-0.1, -0.05) is 80.9 Å². The van der Waals surface area contributed by atoms with Gasteiger partial charge in [0.25, 0.3) is 0 Å². The molecule has 0 unspecified atom stereocenters. The van der Waals surface area contributed by atoms with Crippen molar-refractivity contribution in [3.8, 4) is 0 Å². The Bertz CT molecular complexity index is 1310. The van der Waals surface area contributed by atoms with Crippen LogP contribution >= 0.6 is 11.3 Å². The van der Waals surface area contributed by atoms with Crippen LogP contribution in [0.5, 0.6) is 0 Å². The Morgan fingerprint density at radius 3 is 2.08 bits per heavy atom. The van der Waals surface area contributed by atoms with Gasteiger partial charge in [-0.2, -0.15) is 0 Å². The number of nitrogens with zero attached hydrogens (tertiary/aromatic N) is 1. The lowest BCUT2D eigenvalue weighted by Crippen LogP contribution is -2.54. The first-order valence-electron chi connectivity index (χ1n) is 18.0. The number of rotatable bonds is 6. The number of hydrogen-bond donors (Lipinski definition) is 0. The lowest BCUT2D eigenvalue weighted by molar-refractivity contribution is -0.153. The molecule has 1 aliphatic rings. The number of aromatic nitrogens is 1. The monoisotopic (exact) mass is 719 g/mol. The van der Waals surface area contributed by atoms with Crippen molar-refractivity contribution in [3.63, 3.8) is 0 Å². The Hall–Kier alpha value is -1.40. The normalized spacial score (nSPS) is 27.7. The largest absolute Gasteiger partial charge is 0.457 e. The molecule has 2 rings (SSSR count). The van der Waals surface area contributed by atoms with Crippen molar-refractivity contribution in [2.24, 2.45) is 17.3 Å². The topological polar surface area (TPSA) is 74.7 Å². The Kier molecular flexibility index (Phi) is 14.5. The van der Waals surface area contributed by atoms with Crippen LogP contribution in [-0.4, -0.2) is 51.7 Å². The van der Waals surface area contributed by atoms with Crippen molar-refractivity contribution >= 4 is 45.8 Å². The van der Waals surface area contributed by atoms with Crippen molar-refractivity contribution in [2.45, 2.75) is 177 Å². The summed E-state index contributed by atoms with van der Waals surface area (Å²) in [4.78, 5) is 33.4. The second kappa shape index (κ2) is 16.3. The number of allylic oxidation sites excluding steroid dienone is 1. The molecule has 6 nitrogen and oxygen atoms in total. The fraction of sp³-hybridized carbons (Fsp3) is 0.769. The summed E-state index contributed by atoms with van der Waals surface area (Å²) in [5, 5.41) is 2.94. The van der Waals surface area contributed by atoms with Gasteiger partial charge >= 0.3 is 5.97 Å². The minimum absolute atomic E-state index is 0.00354. The number of aryl methyl sites for hydroxylation is 1. The van der Waals surface area contributed by atoms with Crippen LogP contribution in [0.3, 0.4) is 0 Å². The highest BCUT2D eigenvalue weighted by atomic mass is 32.1. The second-order valence-electron chi connectivity index (χ2n) is 18.1. The molecule has 2 heterocycles. The third-order valence-electron chi connectivity index (χ3n) is 11.4. The van der Waals surface area contributed by atoms with Crippen LogP contribution in [0.15, 0.2) is 22.6 Å². The number of carbonyl (C=O) groups is 2. The molecule has 0 radical (unpaired) electrons. The molecule has 0 aliphatic carbocycles. The molecule has 1 aliphatic heterocycles. The van der Waals surface area contributed by atoms with Gasteiger partial charge in [-0.25, -0.2) is 4.98 Å². The van der Waals surface area contributed by atoms with Crippen molar-refractivity contribution in [1.82, 2.24) is 4.98 Å². The molecule has 0 bridgehead atoms. The molecule has 0 fully saturated rings. The zero-order valence-corrected chi connectivity index (χ0v) is 36.4. The smallest absolute Gasteiger partial charge is 0.309 e. The van der Waals surface area contributed by atoms with Gasteiger partial charge in [-0.05, 0) is 93.9 Å². The summed E-state index contributed by atoms with van der Waals surface area (Å²) in [6.07, 6.45) is 6.45. The summed E-state index contributed by atoms with van der Waals surface area (Å²) in [6.45, 7) is 36.6. The van der Waals surface area contributed by atoms with E-state index in [4.69, 9.17) is 13.6 Å². The molecule has 0 amide bonds. The third-order valence-corrected chi connectivity index (χ3v) is 21.2. The molecule has 0 saturated heterocycles. The van der Waals surface area contributed by atoms with Gasteiger partial charge in [0.1, 0.15) is 11.9 Å². The highest BCUT2D eigenvalue weighted by Gasteiger charge is 2.50. The number of hydrogen-bond acceptors (Lipinski definition) is 7. The zero-order valence-electron chi connectivity index (χ0n) is 33.6. The van der Waals surface area contributed by atoms with Crippen LogP contribution in [0.1, 0.15) is 126 Å². The predicted molar refractivity (Wildman–Crippen MR) is 208 cm³/mol. The Morgan fingerprint density at radius 1 is 1.00 bits per heavy atom. The molecule has 0 aromatic carbocycles. The van der Waals surface area contributed by atoms with Crippen LogP contribution in [0.25, 0.3) is 6.08 Å². The van der Waals surface area contributed by atoms with Gasteiger partial charge in [0.15, 0.2) is 16.6 Å². The zero-order chi connectivity index (χ0) is 37.0. The van der Waals surface area contributed by atoms with E-state index in [0.29, 0.717) is 6.42 Å². The van der Waals surface area contributed by atoms with Gasteiger partial charge < -0.3 is 13.6 Å². The molecule has 0 saturated carbocycles. The minimum atomic E-state index is -2.39. The van der Waals surface area contributed by atoms with E-state index in [1.54, 1.807) is 11.3 Å². The summed E-state index contributed by atoms with van der Waals surface area (Å²) in [6, 6.07) is 0. The third kappa shape index (κ3) is 11.3. The Labute approximate surface area is 300 Å². The van der Waals surface area contributed by atoms with Crippen LogP contribution in [-0.2, 0) is 23.2 Å². The molecule has 0 N–H and O–H groups in total. The number of carbonyl (C=O) groups excluding carboxylic acids is 2. The molecule has 0 spiro atoms. The highest BCUT2D eigenvalue weighted by molar-refractivity contribution is 7.09. The second-order valence-corrected chi connectivity index (χ2v) is 28.7. The standard InChI is InChI=1S/C39H69NO5SSi2/c1-26-19-18-20-27(2)35(45-48(16,17)38(9,10)11)29(4)36(42)39(12,13)33(44-47(14,15)37(6,7)8)24-34(41)43-32(22-21-26)28(3)23-31-25-46-30(5)40-31/h21,23,25,27,29,32-33,35H,18-20,22,24H2,1-17H3/b26-21+,28-23+/t27-,29+,32-,33+,35+/m0/s1. The van der Waals surface area contributed by atoms with Crippen LogP contribution in [0, 0.1) is 24.2 Å². The van der Waals surface area contributed by atoms with Gasteiger partial charge in [-0.3, -0.25) is 9.59 Å². The molecule has 5 atom stereocenters.